The fourth-order valence-electron chi connectivity index (χ4n) is 2.08. The Morgan fingerprint density at radius 3 is 2.76 bits per heavy atom. The van der Waals surface area contributed by atoms with Crippen molar-refractivity contribution < 1.29 is 52.8 Å². The van der Waals surface area contributed by atoms with Gasteiger partial charge in [0.15, 0.2) is 11.8 Å². The predicted molar refractivity (Wildman–Crippen MR) is 68.8 cm³/mol. The van der Waals surface area contributed by atoms with E-state index in [1.807, 2.05) is 5.92 Å². The van der Waals surface area contributed by atoms with Crippen LogP contribution in [0.2, 0.25) is 0 Å². The van der Waals surface area contributed by atoms with Crippen molar-refractivity contribution in [3.8, 4) is 12.3 Å². The van der Waals surface area contributed by atoms with Gasteiger partial charge < -0.3 is 25.4 Å². The molecular formula is C12H15N3O5Y. The Bertz CT molecular complexity index is 601. The normalized spacial score (nSPS) is 31.3. The molecule has 4 N–H and O–H groups in total. The van der Waals surface area contributed by atoms with Crippen LogP contribution >= 0.6 is 0 Å². The van der Waals surface area contributed by atoms with Crippen LogP contribution in [0.3, 0.4) is 0 Å². The number of nitrogens with zero attached hydrogens (tertiary/aromatic N) is 2. The van der Waals surface area contributed by atoms with E-state index >= 15 is 0 Å². The van der Waals surface area contributed by atoms with Gasteiger partial charge in [0, 0.05) is 46.0 Å². The molecule has 2 rings (SSSR count). The minimum absolute atomic E-state index is 0. The molecule has 0 spiro atoms. The van der Waals surface area contributed by atoms with Crippen LogP contribution in [0.15, 0.2) is 17.1 Å². The Hall–Kier alpha value is -0.816. The Kier molecular flexibility index (Phi) is 6.05. The average Bonchev–Trinajstić information content (AvgIpc) is 2.72. The van der Waals surface area contributed by atoms with Crippen LogP contribution in [0.1, 0.15) is 6.23 Å². The second kappa shape index (κ2) is 6.96. The molecule has 9 heteroatoms. The largest absolute Gasteiger partial charge is 0.394 e. The Morgan fingerprint density at radius 1 is 1.67 bits per heavy atom. The van der Waals surface area contributed by atoms with Crippen molar-refractivity contribution in [2.45, 2.75) is 24.0 Å². The molecule has 1 aromatic heterocycles. The Labute approximate surface area is 146 Å². The summed E-state index contributed by atoms with van der Waals surface area (Å²) >= 11 is 0. The molecule has 4 atom stereocenters. The zero-order chi connectivity index (χ0) is 14.9. The van der Waals surface area contributed by atoms with Gasteiger partial charge in [0.1, 0.15) is 18.0 Å². The maximum atomic E-state index is 11.9. The van der Waals surface area contributed by atoms with Crippen LogP contribution in [0.5, 0.6) is 0 Å². The summed E-state index contributed by atoms with van der Waals surface area (Å²) in [5, 5.41) is 32.1. The van der Waals surface area contributed by atoms with Crippen molar-refractivity contribution in [1.29, 1.82) is 0 Å². The van der Waals surface area contributed by atoms with Gasteiger partial charge in [-0.05, 0) is 6.07 Å². The molecular weight excluding hydrogens is 355 g/mol. The first-order chi connectivity index (χ1) is 9.47. The molecule has 2 heterocycles. The predicted octanol–water partition coefficient (Wildman–Crippen LogP) is -2.10. The van der Waals surface area contributed by atoms with Crippen molar-refractivity contribution in [1.82, 2.24) is 9.55 Å². The zero-order valence-corrected chi connectivity index (χ0v) is 14.1. The molecule has 1 aromatic rings. The second-order valence-electron chi connectivity index (χ2n) is 4.37. The third kappa shape index (κ3) is 3.04. The fourth-order valence-corrected chi connectivity index (χ4v) is 2.08. The topological polar surface area (TPSA) is 117 Å². The SMILES string of the molecule is C#C[C@@]1(O)[C@@H](CO)O[C@@H](n2ccc(NC)nc2=O)[C@@H]1O.[Y]. The Morgan fingerprint density at radius 2 is 2.33 bits per heavy atom. The molecule has 111 valence electrons. The van der Waals surface area contributed by atoms with Crippen molar-refractivity contribution in [2.24, 2.45) is 0 Å². The van der Waals surface area contributed by atoms with Crippen LogP contribution in [0, 0.1) is 12.3 Å². The monoisotopic (exact) mass is 370 g/mol. The number of aliphatic hydroxyl groups excluding tert-OH is 2. The van der Waals surface area contributed by atoms with Gasteiger partial charge in [-0.15, -0.1) is 6.42 Å². The molecule has 8 nitrogen and oxygen atoms in total. The van der Waals surface area contributed by atoms with Gasteiger partial charge in [-0.3, -0.25) is 4.57 Å². The minimum Gasteiger partial charge on any atom is -0.394 e. The smallest absolute Gasteiger partial charge is 0.351 e. The molecule has 0 saturated carbocycles. The number of anilines is 1. The summed E-state index contributed by atoms with van der Waals surface area (Å²) in [6.07, 6.45) is 2.56. The third-order valence-electron chi connectivity index (χ3n) is 3.27. The average molecular weight is 370 g/mol. The number of aliphatic hydroxyl groups is 3. The number of hydrogen-bond donors (Lipinski definition) is 4. The zero-order valence-electron chi connectivity index (χ0n) is 11.3. The van der Waals surface area contributed by atoms with Crippen molar-refractivity contribution in [2.75, 3.05) is 19.0 Å². The number of aromatic nitrogens is 2. The first-order valence-electron chi connectivity index (χ1n) is 5.89. The quantitative estimate of drug-likeness (QED) is 0.451. The molecule has 0 amide bonds. The number of nitrogens with one attached hydrogen (secondary N) is 1. The van der Waals surface area contributed by atoms with E-state index in [1.165, 1.54) is 12.3 Å². The van der Waals surface area contributed by atoms with E-state index in [2.05, 4.69) is 10.3 Å². The number of ether oxygens (including phenoxy) is 1. The maximum Gasteiger partial charge on any atom is 0.351 e. The fraction of sp³-hybridized carbons (Fsp3) is 0.500. The second-order valence-corrected chi connectivity index (χ2v) is 4.37. The van der Waals surface area contributed by atoms with Crippen LogP contribution in [0.4, 0.5) is 5.82 Å². The molecule has 0 aromatic carbocycles. The molecule has 1 saturated heterocycles. The van der Waals surface area contributed by atoms with Crippen LogP contribution in [0.25, 0.3) is 0 Å². The summed E-state index contributed by atoms with van der Waals surface area (Å²) in [6.45, 7) is -0.592. The van der Waals surface area contributed by atoms with E-state index in [-0.39, 0.29) is 32.7 Å². The maximum absolute atomic E-state index is 11.9. The van der Waals surface area contributed by atoms with Gasteiger partial charge in [0.05, 0.1) is 6.61 Å². The molecule has 1 aliphatic rings. The summed E-state index contributed by atoms with van der Waals surface area (Å²) in [5.41, 5.74) is -2.75. The van der Waals surface area contributed by atoms with E-state index in [4.69, 9.17) is 16.3 Å². The molecule has 1 fully saturated rings. The van der Waals surface area contributed by atoms with E-state index in [0.717, 1.165) is 4.57 Å². The van der Waals surface area contributed by atoms with Crippen LogP contribution in [-0.4, -0.2) is 56.3 Å². The molecule has 0 aliphatic carbocycles. The first-order valence-corrected chi connectivity index (χ1v) is 5.89. The summed E-state index contributed by atoms with van der Waals surface area (Å²) in [5.74, 6) is 2.36. The minimum atomic E-state index is -2.07. The molecule has 0 unspecified atom stereocenters. The van der Waals surface area contributed by atoms with E-state index in [1.54, 1.807) is 7.05 Å². The van der Waals surface area contributed by atoms with Gasteiger partial charge in [0.25, 0.3) is 0 Å². The summed E-state index contributed by atoms with van der Waals surface area (Å²) in [7, 11) is 1.60. The van der Waals surface area contributed by atoms with Gasteiger partial charge in [-0.2, -0.15) is 4.98 Å². The number of hydrogen-bond acceptors (Lipinski definition) is 7. The van der Waals surface area contributed by atoms with Crippen molar-refractivity contribution in [3.05, 3.63) is 22.7 Å². The number of rotatable bonds is 3. The van der Waals surface area contributed by atoms with Gasteiger partial charge in [-0.25, -0.2) is 4.79 Å². The molecule has 1 aliphatic heterocycles. The van der Waals surface area contributed by atoms with Crippen molar-refractivity contribution >= 4 is 5.82 Å². The Balaban J connectivity index is 0.00000220. The van der Waals surface area contributed by atoms with E-state index in [9.17, 15) is 15.0 Å². The van der Waals surface area contributed by atoms with Gasteiger partial charge in [-0.1, -0.05) is 5.92 Å². The van der Waals surface area contributed by atoms with Crippen molar-refractivity contribution in [3.63, 3.8) is 0 Å². The van der Waals surface area contributed by atoms with Crippen LogP contribution in [-0.2, 0) is 37.4 Å². The van der Waals surface area contributed by atoms with Crippen LogP contribution < -0.4 is 11.0 Å². The van der Waals surface area contributed by atoms with Gasteiger partial charge >= 0.3 is 5.69 Å². The third-order valence-corrected chi connectivity index (χ3v) is 3.27. The van der Waals surface area contributed by atoms with E-state index in [0.29, 0.717) is 5.82 Å². The summed E-state index contributed by atoms with van der Waals surface area (Å²) in [4.78, 5) is 15.6. The molecule has 1 radical (unpaired) electrons. The first kappa shape index (κ1) is 18.2. The van der Waals surface area contributed by atoms with Gasteiger partial charge in [0.2, 0.25) is 0 Å². The molecule has 0 bridgehead atoms. The summed E-state index contributed by atoms with van der Waals surface area (Å²) < 4.78 is 6.28. The molecule has 21 heavy (non-hydrogen) atoms. The standard InChI is InChI=1S/C12H15N3O5.Y/c1-3-12(19)7(6-16)20-10(9(12)17)15-5-4-8(13-2)14-11(15)18;/h1,4-5,7,9-10,16-17,19H,6H2,2H3,(H,13,14,18);/t7-,9+,10-,12-;/m1./s1. The summed E-state index contributed by atoms with van der Waals surface area (Å²) in [6, 6.07) is 1.50. The van der Waals surface area contributed by atoms with E-state index < -0.39 is 36.3 Å². The number of terminal acetylenes is 1.